The zero-order chi connectivity index (χ0) is 20.4. The van der Waals surface area contributed by atoms with Crippen LogP contribution in [0.25, 0.3) is 11.2 Å². The third-order valence-electron chi connectivity index (χ3n) is 4.64. The molecule has 3 atom stereocenters. The first-order valence-electron chi connectivity index (χ1n) is 8.91. The highest BCUT2D eigenvalue weighted by Crippen LogP contribution is 2.31. The van der Waals surface area contributed by atoms with E-state index in [9.17, 15) is 13.5 Å². The zero-order valence-corrected chi connectivity index (χ0v) is 16.0. The van der Waals surface area contributed by atoms with E-state index >= 15 is 0 Å². The van der Waals surface area contributed by atoms with Crippen molar-refractivity contribution in [2.75, 3.05) is 11.9 Å². The summed E-state index contributed by atoms with van der Waals surface area (Å²) < 4.78 is 39.8. The summed E-state index contributed by atoms with van der Waals surface area (Å²) in [5.74, 6) is 0.570. The number of rotatable bonds is 7. The van der Waals surface area contributed by atoms with Crippen LogP contribution in [0.5, 0.6) is 0 Å². The maximum atomic E-state index is 10.8. The number of ether oxygens (including phenoxy) is 1. The molecule has 3 aromatic rings. The van der Waals surface area contributed by atoms with E-state index in [2.05, 4.69) is 20.3 Å². The van der Waals surface area contributed by atoms with Crippen molar-refractivity contribution in [3.8, 4) is 0 Å². The topological polar surface area (TPSA) is 151 Å². The first-order valence-corrected chi connectivity index (χ1v) is 10.4. The van der Waals surface area contributed by atoms with Gasteiger partial charge in [0.1, 0.15) is 12.6 Å². The Morgan fingerprint density at radius 3 is 2.76 bits per heavy atom. The summed E-state index contributed by atoms with van der Waals surface area (Å²) in [6, 6.07) is 9.86. The molecular formula is C17H20N6O5S. The average molecular weight is 420 g/mol. The quantitative estimate of drug-likeness (QED) is 0.400. The van der Waals surface area contributed by atoms with Crippen LogP contribution in [-0.2, 0) is 21.6 Å². The molecule has 12 heteroatoms. The number of aliphatic hydroxyl groups excluding tert-OH is 1. The highest BCUT2D eigenvalue weighted by Gasteiger charge is 2.36. The van der Waals surface area contributed by atoms with Crippen LogP contribution in [0, 0.1) is 0 Å². The number of hydrogen-bond acceptors (Lipinski definition) is 8. The lowest BCUT2D eigenvalue weighted by atomic mass is 10.2. The van der Waals surface area contributed by atoms with Gasteiger partial charge in [0.15, 0.2) is 17.0 Å². The summed E-state index contributed by atoms with van der Waals surface area (Å²) >= 11 is 0. The fourth-order valence-electron chi connectivity index (χ4n) is 3.23. The van der Waals surface area contributed by atoms with Crippen LogP contribution in [0.15, 0.2) is 43.0 Å². The summed E-state index contributed by atoms with van der Waals surface area (Å²) in [4.78, 5) is 12.9. The summed E-state index contributed by atoms with van der Waals surface area (Å²) in [7, 11) is -4.36. The number of aromatic nitrogens is 4. The summed E-state index contributed by atoms with van der Waals surface area (Å²) in [5, 5.41) is 13.4. The van der Waals surface area contributed by atoms with Crippen molar-refractivity contribution in [1.82, 2.24) is 24.2 Å². The molecule has 0 spiro atoms. The van der Waals surface area contributed by atoms with Crippen LogP contribution in [0.3, 0.4) is 0 Å². The summed E-state index contributed by atoms with van der Waals surface area (Å²) in [6.45, 7) is 0.323. The van der Waals surface area contributed by atoms with Crippen molar-refractivity contribution in [2.24, 2.45) is 0 Å². The summed E-state index contributed by atoms with van der Waals surface area (Å²) in [5.41, 5.74) is 2.17. The van der Waals surface area contributed by atoms with Crippen molar-refractivity contribution in [3.63, 3.8) is 0 Å². The van der Waals surface area contributed by atoms with Crippen LogP contribution >= 0.6 is 0 Å². The lowest BCUT2D eigenvalue weighted by molar-refractivity contribution is -0.0135. The van der Waals surface area contributed by atoms with E-state index < -0.39 is 28.7 Å². The fraction of sp³-hybridized carbons (Fsp3) is 0.353. The van der Waals surface area contributed by atoms with Crippen molar-refractivity contribution in [2.45, 2.75) is 31.4 Å². The van der Waals surface area contributed by atoms with Gasteiger partial charge in [-0.3, -0.25) is 9.12 Å². The van der Waals surface area contributed by atoms with Crippen LogP contribution < -0.4 is 10.0 Å². The molecule has 1 saturated heterocycles. The molecule has 1 aromatic carbocycles. The van der Waals surface area contributed by atoms with Gasteiger partial charge in [0, 0.05) is 19.5 Å². The van der Waals surface area contributed by atoms with Crippen molar-refractivity contribution < 1.29 is 22.8 Å². The molecule has 3 heterocycles. The Balaban J connectivity index is 1.50. The van der Waals surface area contributed by atoms with Crippen LogP contribution in [0.1, 0.15) is 18.2 Å². The molecule has 4 rings (SSSR count). The second kappa shape index (κ2) is 8.00. The Morgan fingerprint density at radius 1 is 1.21 bits per heavy atom. The molecule has 1 aliphatic rings. The van der Waals surface area contributed by atoms with Crippen molar-refractivity contribution in [3.05, 3.63) is 48.5 Å². The minimum Gasteiger partial charge on any atom is -0.390 e. The minimum absolute atomic E-state index is 0.222. The molecule has 4 N–H and O–H groups in total. The van der Waals surface area contributed by atoms with Crippen LogP contribution in [0.4, 0.5) is 5.82 Å². The van der Waals surface area contributed by atoms with Gasteiger partial charge in [-0.05, 0) is 5.56 Å². The Hall–Kier alpha value is -2.64. The first kappa shape index (κ1) is 19.7. The number of aliphatic hydroxyl groups is 1. The molecule has 0 radical (unpaired) electrons. The van der Waals surface area contributed by atoms with E-state index in [4.69, 9.17) is 9.29 Å². The SMILES string of the molecule is O=S(=O)(O)NC[C@@H]1O[C@@H](n2cnc3c(NCc4ccccc4)ncnc32)C[C@@H]1O. The largest absolute Gasteiger partial charge is 0.390 e. The number of nitrogens with one attached hydrogen (secondary N) is 2. The molecule has 0 aliphatic carbocycles. The molecule has 0 bridgehead atoms. The van der Waals surface area contributed by atoms with E-state index in [1.165, 1.54) is 6.33 Å². The predicted molar refractivity (Wildman–Crippen MR) is 103 cm³/mol. The Bertz CT molecular complexity index is 1090. The van der Waals surface area contributed by atoms with Gasteiger partial charge in [-0.1, -0.05) is 30.3 Å². The maximum Gasteiger partial charge on any atom is 0.333 e. The van der Waals surface area contributed by atoms with Gasteiger partial charge in [-0.15, -0.1) is 0 Å². The number of benzene rings is 1. The highest BCUT2D eigenvalue weighted by molar-refractivity contribution is 7.83. The molecule has 2 aromatic heterocycles. The third-order valence-corrected chi connectivity index (χ3v) is 5.17. The van der Waals surface area contributed by atoms with Gasteiger partial charge in [0.2, 0.25) is 0 Å². The Morgan fingerprint density at radius 2 is 2.00 bits per heavy atom. The fourth-order valence-corrected chi connectivity index (χ4v) is 3.61. The van der Waals surface area contributed by atoms with Crippen LogP contribution in [0.2, 0.25) is 0 Å². The summed E-state index contributed by atoms with van der Waals surface area (Å²) in [6.07, 6.45) is 0.876. The Labute approximate surface area is 166 Å². The van der Waals surface area contributed by atoms with E-state index in [-0.39, 0.29) is 13.0 Å². The van der Waals surface area contributed by atoms with Crippen LogP contribution in [-0.4, -0.2) is 56.3 Å². The predicted octanol–water partition coefficient (Wildman–Crippen LogP) is 0.479. The zero-order valence-electron chi connectivity index (χ0n) is 15.2. The van der Waals surface area contributed by atoms with Crippen molar-refractivity contribution in [1.29, 1.82) is 0 Å². The monoisotopic (exact) mass is 420 g/mol. The standard InChI is InChI=1S/C17H20N6O5S/c24-12-6-14(28-13(12)8-22-29(25,26)27)23-10-21-15-16(19-9-20-17(15)23)18-7-11-4-2-1-3-5-11/h1-5,9-10,12-14,22,24H,6-8H2,(H,18,19,20)(H,25,26,27)/t12-,13-,14+/m0/s1. The molecule has 29 heavy (non-hydrogen) atoms. The molecule has 1 fully saturated rings. The molecule has 0 saturated carbocycles. The number of fused-ring (bicyclic) bond motifs is 1. The number of nitrogens with zero attached hydrogens (tertiary/aromatic N) is 4. The normalized spacial score (nSPS) is 22.2. The van der Waals surface area contributed by atoms with E-state index in [1.807, 2.05) is 35.1 Å². The van der Waals surface area contributed by atoms with E-state index in [0.717, 1.165) is 5.56 Å². The van der Waals surface area contributed by atoms with E-state index in [1.54, 1.807) is 10.9 Å². The molecule has 0 amide bonds. The van der Waals surface area contributed by atoms with Gasteiger partial charge < -0.3 is 15.2 Å². The number of imidazole rings is 1. The van der Waals surface area contributed by atoms with Gasteiger partial charge >= 0.3 is 10.3 Å². The lowest BCUT2D eigenvalue weighted by Crippen LogP contribution is -2.36. The maximum absolute atomic E-state index is 10.8. The van der Waals surface area contributed by atoms with Gasteiger partial charge in [-0.2, -0.15) is 13.1 Å². The van der Waals surface area contributed by atoms with Gasteiger partial charge in [0.25, 0.3) is 0 Å². The number of anilines is 1. The highest BCUT2D eigenvalue weighted by atomic mass is 32.2. The lowest BCUT2D eigenvalue weighted by Gasteiger charge is -2.15. The Kier molecular flexibility index (Phi) is 5.43. The third kappa shape index (κ3) is 4.52. The molecule has 11 nitrogen and oxygen atoms in total. The number of hydrogen-bond donors (Lipinski definition) is 4. The second-order valence-corrected chi connectivity index (χ2v) is 7.88. The molecular weight excluding hydrogens is 400 g/mol. The first-order chi connectivity index (χ1) is 13.9. The van der Waals surface area contributed by atoms with Gasteiger partial charge in [0.05, 0.1) is 18.5 Å². The molecule has 154 valence electrons. The smallest absolute Gasteiger partial charge is 0.333 e. The van der Waals surface area contributed by atoms with E-state index in [0.29, 0.717) is 23.5 Å². The molecule has 1 aliphatic heterocycles. The average Bonchev–Trinajstić information content (AvgIpc) is 3.28. The van der Waals surface area contributed by atoms with Crippen molar-refractivity contribution >= 4 is 27.3 Å². The second-order valence-electron chi connectivity index (χ2n) is 6.64. The molecule has 0 unspecified atom stereocenters. The minimum atomic E-state index is -4.36. The van der Waals surface area contributed by atoms with Gasteiger partial charge in [-0.25, -0.2) is 15.0 Å².